The first-order valence-corrected chi connectivity index (χ1v) is 11.9. The molecule has 0 radical (unpaired) electrons. The summed E-state index contributed by atoms with van der Waals surface area (Å²) < 4.78 is 51.5. The van der Waals surface area contributed by atoms with Gasteiger partial charge in [-0.25, -0.2) is 21.6 Å². The fourth-order valence-corrected chi connectivity index (χ4v) is 4.47. The highest BCUT2D eigenvalue weighted by Gasteiger charge is 2.20. The Morgan fingerprint density at radius 2 is 1.60 bits per heavy atom. The fraction of sp³-hybridized carbons (Fsp3) is 0.647. The lowest BCUT2D eigenvalue weighted by Crippen LogP contribution is -2.38. The smallest absolute Gasteiger partial charge is 0.232 e. The molecular weight excluding hydrogens is 360 g/mol. The molecule has 0 saturated heterocycles. The summed E-state index contributed by atoms with van der Waals surface area (Å²) in [6, 6.07) is 7.32. The van der Waals surface area contributed by atoms with Crippen LogP contribution in [0.5, 0.6) is 0 Å². The summed E-state index contributed by atoms with van der Waals surface area (Å²) in [6.45, 7) is 8.27. The zero-order chi connectivity index (χ0) is 19.3. The molecule has 0 heterocycles. The molecule has 144 valence electrons. The molecule has 1 rings (SSSR count). The van der Waals surface area contributed by atoms with Crippen LogP contribution in [0.25, 0.3) is 0 Å². The summed E-state index contributed by atoms with van der Waals surface area (Å²) in [5, 5.41) is 0. The van der Waals surface area contributed by atoms with E-state index in [4.69, 9.17) is 0 Å². The maximum Gasteiger partial charge on any atom is 0.232 e. The summed E-state index contributed by atoms with van der Waals surface area (Å²) in [4.78, 5) is 0. The van der Waals surface area contributed by atoms with E-state index in [1.54, 1.807) is 12.1 Å². The van der Waals surface area contributed by atoms with Gasteiger partial charge < -0.3 is 0 Å². The topological polar surface area (TPSA) is 83.6 Å². The van der Waals surface area contributed by atoms with Crippen molar-refractivity contribution < 1.29 is 16.8 Å². The SMILES string of the molecule is CCCCS(=O)(=O)NCCN(c1ccc(C(C)(C)C)cc1)S(C)(=O)=O. The third-order valence-electron chi connectivity index (χ3n) is 3.83. The molecule has 0 fully saturated rings. The van der Waals surface area contributed by atoms with Crippen LogP contribution in [0.1, 0.15) is 46.1 Å². The number of benzene rings is 1. The zero-order valence-electron chi connectivity index (χ0n) is 15.7. The van der Waals surface area contributed by atoms with Gasteiger partial charge in [-0.15, -0.1) is 0 Å². The minimum atomic E-state index is -3.50. The van der Waals surface area contributed by atoms with E-state index >= 15 is 0 Å². The second kappa shape index (κ2) is 8.51. The molecule has 1 aromatic carbocycles. The highest BCUT2D eigenvalue weighted by molar-refractivity contribution is 7.92. The lowest BCUT2D eigenvalue weighted by Gasteiger charge is -2.24. The second-order valence-electron chi connectivity index (χ2n) is 7.20. The Morgan fingerprint density at radius 1 is 1.04 bits per heavy atom. The molecule has 0 aliphatic heterocycles. The van der Waals surface area contributed by atoms with Crippen LogP contribution in [0.4, 0.5) is 5.69 Å². The number of unbranched alkanes of at least 4 members (excludes halogenated alkanes) is 1. The zero-order valence-corrected chi connectivity index (χ0v) is 17.4. The predicted molar refractivity (Wildman–Crippen MR) is 104 cm³/mol. The van der Waals surface area contributed by atoms with Crippen LogP contribution in [-0.4, -0.2) is 41.9 Å². The standard InChI is InChI=1S/C17H30N2O4S2/c1-6-7-14-25(22,23)18-12-13-19(24(5,20)21)16-10-8-15(9-11-16)17(2,3)4/h8-11,18H,6-7,12-14H2,1-5H3. The predicted octanol–water partition coefficient (Wildman–Crippen LogP) is 2.47. The Bertz CT molecular complexity index is 749. The maximum absolute atomic E-state index is 12.1. The van der Waals surface area contributed by atoms with E-state index in [-0.39, 0.29) is 24.3 Å². The van der Waals surface area contributed by atoms with Crippen molar-refractivity contribution in [3.63, 3.8) is 0 Å². The minimum Gasteiger partial charge on any atom is -0.269 e. The molecule has 0 unspecified atom stereocenters. The average molecular weight is 391 g/mol. The van der Waals surface area contributed by atoms with Crippen molar-refractivity contribution in [2.24, 2.45) is 0 Å². The van der Waals surface area contributed by atoms with Crippen molar-refractivity contribution in [1.82, 2.24) is 4.72 Å². The third-order valence-corrected chi connectivity index (χ3v) is 6.49. The molecule has 0 aliphatic carbocycles. The van der Waals surface area contributed by atoms with Crippen molar-refractivity contribution in [3.8, 4) is 0 Å². The summed E-state index contributed by atoms with van der Waals surface area (Å²) >= 11 is 0. The Labute approximate surface area is 152 Å². The minimum absolute atomic E-state index is 0.0244. The molecule has 25 heavy (non-hydrogen) atoms. The van der Waals surface area contributed by atoms with Crippen LogP contribution in [0, 0.1) is 0 Å². The quantitative estimate of drug-likeness (QED) is 0.702. The van der Waals surface area contributed by atoms with Gasteiger partial charge in [-0.05, 0) is 29.5 Å². The summed E-state index contributed by atoms with van der Waals surface area (Å²) in [5.41, 5.74) is 1.61. The van der Waals surface area contributed by atoms with E-state index in [2.05, 4.69) is 25.5 Å². The fourth-order valence-electron chi connectivity index (χ4n) is 2.32. The van der Waals surface area contributed by atoms with E-state index < -0.39 is 20.0 Å². The molecule has 0 spiro atoms. The number of hydrogen-bond acceptors (Lipinski definition) is 4. The van der Waals surface area contributed by atoms with Gasteiger partial charge in [0.2, 0.25) is 20.0 Å². The number of hydrogen-bond donors (Lipinski definition) is 1. The van der Waals surface area contributed by atoms with Gasteiger partial charge in [-0.3, -0.25) is 4.31 Å². The van der Waals surface area contributed by atoms with Gasteiger partial charge in [0.15, 0.2) is 0 Å². The van der Waals surface area contributed by atoms with Gasteiger partial charge in [0.1, 0.15) is 0 Å². The van der Waals surface area contributed by atoms with Crippen molar-refractivity contribution in [2.75, 3.05) is 29.4 Å². The van der Waals surface area contributed by atoms with Crippen LogP contribution in [0.3, 0.4) is 0 Å². The molecular formula is C17H30N2O4S2. The molecule has 0 aromatic heterocycles. The monoisotopic (exact) mass is 390 g/mol. The van der Waals surface area contributed by atoms with Gasteiger partial charge in [0.05, 0.1) is 17.7 Å². The largest absolute Gasteiger partial charge is 0.269 e. The molecule has 0 bridgehead atoms. The maximum atomic E-state index is 12.1. The first kappa shape index (κ1) is 21.9. The number of nitrogens with zero attached hydrogens (tertiary/aromatic N) is 1. The Kier molecular flexibility index (Phi) is 7.46. The second-order valence-corrected chi connectivity index (χ2v) is 11.0. The number of nitrogens with one attached hydrogen (secondary N) is 1. The van der Waals surface area contributed by atoms with Crippen LogP contribution in [0.15, 0.2) is 24.3 Å². The van der Waals surface area contributed by atoms with Crippen molar-refractivity contribution >= 4 is 25.7 Å². The van der Waals surface area contributed by atoms with Crippen LogP contribution in [0.2, 0.25) is 0 Å². The van der Waals surface area contributed by atoms with Gasteiger partial charge in [-0.2, -0.15) is 0 Å². The highest BCUT2D eigenvalue weighted by atomic mass is 32.2. The molecule has 0 atom stereocenters. The molecule has 8 heteroatoms. The van der Waals surface area contributed by atoms with Gasteiger partial charge in [0.25, 0.3) is 0 Å². The van der Waals surface area contributed by atoms with Crippen molar-refractivity contribution in [3.05, 3.63) is 29.8 Å². The first-order chi connectivity index (χ1) is 11.4. The van der Waals surface area contributed by atoms with Crippen molar-refractivity contribution in [2.45, 2.75) is 46.0 Å². The summed E-state index contributed by atoms with van der Waals surface area (Å²) in [5.74, 6) is 0.0582. The van der Waals surface area contributed by atoms with Crippen LogP contribution in [-0.2, 0) is 25.5 Å². The molecule has 6 nitrogen and oxygen atoms in total. The van der Waals surface area contributed by atoms with E-state index in [9.17, 15) is 16.8 Å². The van der Waals surface area contributed by atoms with E-state index in [1.165, 1.54) is 4.31 Å². The number of sulfonamides is 2. The number of rotatable bonds is 9. The Balaban J connectivity index is 2.86. The van der Waals surface area contributed by atoms with Crippen LogP contribution >= 0.6 is 0 Å². The first-order valence-electron chi connectivity index (χ1n) is 8.42. The third kappa shape index (κ3) is 7.33. The summed E-state index contributed by atoms with van der Waals surface area (Å²) in [7, 11) is -6.87. The highest BCUT2D eigenvalue weighted by Crippen LogP contribution is 2.25. The van der Waals surface area contributed by atoms with E-state index in [0.29, 0.717) is 12.1 Å². The Morgan fingerprint density at radius 3 is 2.04 bits per heavy atom. The molecule has 1 N–H and O–H groups in total. The molecule has 0 amide bonds. The Hall–Kier alpha value is -1.12. The van der Waals surface area contributed by atoms with E-state index in [0.717, 1.165) is 18.2 Å². The average Bonchev–Trinajstić information content (AvgIpc) is 2.48. The number of anilines is 1. The van der Waals surface area contributed by atoms with E-state index in [1.807, 2.05) is 19.1 Å². The molecule has 1 aromatic rings. The summed E-state index contributed by atoms with van der Waals surface area (Å²) in [6.07, 6.45) is 2.49. The lowest BCUT2D eigenvalue weighted by atomic mass is 9.87. The normalized spacial score (nSPS) is 13.0. The van der Waals surface area contributed by atoms with Gasteiger partial charge >= 0.3 is 0 Å². The molecule has 0 aliphatic rings. The van der Waals surface area contributed by atoms with Gasteiger partial charge in [-0.1, -0.05) is 46.2 Å². The van der Waals surface area contributed by atoms with Crippen LogP contribution < -0.4 is 9.03 Å². The van der Waals surface area contributed by atoms with Gasteiger partial charge in [0, 0.05) is 13.1 Å². The lowest BCUT2D eigenvalue weighted by molar-refractivity contribution is 0.575. The molecule has 0 saturated carbocycles. The van der Waals surface area contributed by atoms with Crippen molar-refractivity contribution in [1.29, 1.82) is 0 Å².